The molecule has 4 nitrogen and oxygen atoms in total. The normalized spacial score (nSPS) is 28.4. The molecular weight excluding hydrogens is 308 g/mol. The number of carbonyl (C=O) groups excluding carboxylic acids is 1. The van der Waals surface area contributed by atoms with Crippen LogP contribution in [-0.4, -0.2) is 62.1 Å². The second-order valence-electron chi connectivity index (χ2n) is 6.70. The predicted octanol–water partition coefficient (Wildman–Crippen LogP) is 2.58. The van der Waals surface area contributed by atoms with Crippen LogP contribution < -0.4 is 0 Å². The Labute approximate surface area is 142 Å². The topological polar surface area (TPSA) is 32.8 Å². The van der Waals surface area contributed by atoms with Gasteiger partial charge in [0.15, 0.2) is 0 Å². The van der Waals surface area contributed by atoms with Crippen molar-refractivity contribution >= 4 is 23.3 Å². The molecule has 1 amide bonds. The minimum atomic E-state index is 0.140. The minimum absolute atomic E-state index is 0.140. The van der Waals surface area contributed by atoms with Crippen molar-refractivity contribution < 1.29 is 9.53 Å². The summed E-state index contributed by atoms with van der Waals surface area (Å²) in [4.78, 5) is 18.1. The van der Waals surface area contributed by atoms with Gasteiger partial charge in [-0.3, -0.25) is 4.79 Å². The molecule has 23 heavy (non-hydrogen) atoms. The van der Waals surface area contributed by atoms with Crippen molar-refractivity contribution in [2.24, 2.45) is 11.3 Å². The third kappa shape index (κ3) is 3.52. The van der Waals surface area contributed by atoms with Gasteiger partial charge in [-0.1, -0.05) is 13.0 Å². The molecule has 3 heterocycles. The SMILES string of the molecule is CCN1C[C@@H](COC)[C@@]2(CCN(C(=O)/C=C/c3cccs3)C2)C1. The van der Waals surface area contributed by atoms with Crippen LogP contribution in [0.25, 0.3) is 6.08 Å². The van der Waals surface area contributed by atoms with E-state index in [1.807, 2.05) is 28.5 Å². The molecule has 0 radical (unpaired) electrons. The molecule has 5 heteroatoms. The van der Waals surface area contributed by atoms with Crippen molar-refractivity contribution in [1.29, 1.82) is 0 Å². The van der Waals surface area contributed by atoms with Crippen LogP contribution in [0.3, 0.4) is 0 Å². The molecule has 0 unspecified atom stereocenters. The standard InChI is InChI=1S/C18H26N2O2S/c1-3-19-11-15(12-22-2)18(13-19)8-9-20(14-18)17(21)7-6-16-5-4-10-23-16/h4-7,10,15H,3,8-9,11-14H2,1-2H3/b7-6+/t15-,18-/m0/s1. The molecule has 0 aromatic carbocycles. The van der Waals surface area contributed by atoms with Gasteiger partial charge < -0.3 is 14.5 Å². The lowest BCUT2D eigenvalue weighted by Gasteiger charge is -2.29. The highest BCUT2D eigenvalue weighted by Gasteiger charge is 2.50. The van der Waals surface area contributed by atoms with Crippen molar-refractivity contribution in [3.05, 3.63) is 28.5 Å². The lowest BCUT2D eigenvalue weighted by Crippen LogP contribution is -2.37. The fourth-order valence-corrected chi connectivity index (χ4v) is 4.63. The van der Waals surface area contributed by atoms with E-state index in [1.54, 1.807) is 24.5 Å². The zero-order valence-corrected chi connectivity index (χ0v) is 14.8. The summed E-state index contributed by atoms with van der Waals surface area (Å²) in [6, 6.07) is 4.04. The number of ether oxygens (including phenoxy) is 1. The molecule has 126 valence electrons. The van der Waals surface area contributed by atoms with Crippen LogP contribution in [0.15, 0.2) is 23.6 Å². The van der Waals surface area contributed by atoms with E-state index in [-0.39, 0.29) is 11.3 Å². The van der Waals surface area contributed by atoms with Crippen molar-refractivity contribution in [1.82, 2.24) is 9.80 Å². The number of nitrogens with zero attached hydrogens (tertiary/aromatic N) is 2. The zero-order valence-electron chi connectivity index (χ0n) is 14.0. The molecule has 2 atom stereocenters. The van der Waals surface area contributed by atoms with E-state index in [1.165, 1.54) is 0 Å². The molecule has 3 rings (SSSR count). The Hall–Kier alpha value is -1.17. The van der Waals surface area contributed by atoms with Gasteiger partial charge in [0.25, 0.3) is 0 Å². The predicted molar refractivity (Wildman–Crippen MR) is 94.5 cm³/mol. The van der Waals surface area contributed by atoms with E-state index in [0.29, 0.717) is 5.92 Å². The minimum Gasteiger partial charge on any atom is -0.384 e. The Balaban J connectivity index is 1.65. The van der Waals surface area contributed by atoms with Crippen molar-refractivity contribution in [2.45, 2.75) is 13.3 Å². The van der Waals surface area contributed by atoms with Gasteiger partial charge in [0, 0.05) is 55.6 Å². The van der Waals surface area contributed by atoms with Crippen LogP contribution in [-0.2, 0) is 9.53 Å². The summed E-state index contributed by atoms with van der Waals surface area (Å²) in [5, 5.41) is 2.03. The molecule has 2 saturated heterocycles. The number of hydrogen-bond donors (Lipinski definition) is 0. The van der Waals surface area contributed by atoms with Gasteiger partial charge in [-0.15, -0.1) is 11.3 Å². The highest BCUT2D eigenvalue weighted by Crippen LogP contribution is 2.43. The number of amides is 1. The summed E-state index contributed by atoms with van der Waals surface area (Å²) < 4.78 is 5.45. The molecule has 1 aromatic heterocycles. The summed E-state index contributed by atoms with van der Waals surface area (Å²) in [6.45, 7) is 8.01. The van der Waals surface area contributed by atoms with E-state index in [2.05, 4.69) is 11.8 Å². The summed E-state index contributed by atoms with van der Waals surface area (Å²) in [6.07, 6.45) is 4.75. The maximum absolute atomic E-state index is 12.5. The van der Waals surface area contributed by atoms with E-state index >= 15 is 0 Å². The lowest BCUT2D eigenvalue weighted by molar-refractivity contribution is -0.125. The fourth-order valence-electron chi connectivity index (χ4n) is 4.01. The van der Waals surface area contributed by atoms with Crippen molar-refractivity contribution in [2.75, 3.05) is 46.4 Å². The number of carbonyl (C=O) groups is 1. The average molecular weight is 334 g/mol. The molecule has 0 aliphatic carbocycles. The monoisotopic (exact) mass is 334 g/mol. The molecule has 0 saturated carbocycles. The maximum atomic E-state index is 12.5. The smallest absolute Gasteiger partial charge is 0.246 e. The number of rotatable bonds is 5. The highest BCUT2D eigenvalue weighted by molar-refractivity contribution is 7.10. The molecule has 0 N–H and O–H groups in total. The summed E-state index contributed by atoms with van der Waals surface area (Å²) in [7, 11) is 1.78. The number of likely N-dealkylation sites (tertiary alicyclic amines) is 2. The molecule has 0 bridgehead atoms. The summed E-state index contributed by atoms with van der Waals surface area (Å²) in [5.74, 6) is 0.674. The van der Waals surface area contributed by atoms with Gasteiger partial charge in [0.05, 0.1) is 6.61 Å². The second kappa shape index (κ2) is 7.16. The Kier molecular flexibility index (Phi) is 5.19. The quantitative estimate of drug-likeness (QED) is 0.776. The first-order valence-corrected chi connectivity index (χ1v) is 9.26. The van der Waals surface area contributed by atoms with Crippen LogP contribution in [0.1, 0.15) is 18.2 Å². The maximum Gasteiger partial charge on any atom is 0.246 e. The summed E-state index contributed by atoms with van der Waals surface area (Å²) >= 11 is 1.66. The fraction of sp³-hybridized carbons (Fsp3) is 0.611. The molecular formula is C18H26N2O2S. The Morgan fingerprint density at radius 1 is 1.52 bits per heavy atom. The van der Waals surface area contributed by atoms with E-state index < -0.39 is 0 Å². The first-order chi connectivity index (χ1) is 11.2. The van der Waals surface area contributed by atoms with Crippen LogP contribution in [0.5, 0.6) is 0 Å². The molecule has 2 aliphatic rings. The van der Waals surface area contributed by atoms with Gasteiger partial charge in [0.1, 0.15) is 0 Å². The largest absolute Gasteiger partial charge is 0.384 e. The Morgan fingerprint density at radius 2 is 2.39 bits per heavy atom. The van der Waals surface area contributed by atoms with Crippen LogP contribution >= 0.6 is 11.3 Å². The second-order valence-corrected chi connectivity index (χ2v) is 7.68. The first kappa shape index (κ1) is 16.7. The molecule has 1 aromatic rings. The number of methoxy groups -OCH3 is 1. The van der Waals surface area contributed by atoms with Gasteiger partial charge in [-0.05, 0) is 30.5 Å². The lowest BCUT2D eigenvalue weighted by atomic mass is 9.77. The van der Waals surface area contributed by atoms with Gasteiger partial charge in [-0.25, -0.2) is 0 Å². The third-order valence-corrected chi connectivity index (χ3v) is 6.17. The molecule has 1 spiro atoms. The van der Waals surface area contributed by atoms with Gasteiger partial charge in [0.2, 0.25) is 5.91 Å². The van der Waals surface area contributed by atoms with E-state index in [4.69, 9.17) is 4.74 Å². The number of hydrogen-bond acceptors (Lipinski definition) is 4. The van der Waals surface area contributed by atoms with E-state index in [0.717, 1.165) is 50.6 Å². The zero-order chi connectivity index (χ0) is 16.3. The molecule has 2 aliphatic heterocycles. The van der Waals surface area contributed by atoms with Gasteiger partial charge in [-0.2, -0.15) is 0 Å². The Bertz CT molecular complexity index is 557. The van der Waals surface area contributed by atoms with Gasteiger partial charge >= 0.3 is 0 Å². The van der Waals surface area contributed by atoms with Crippen LogP contribution in [0.4, 0.5) is 0 Å². The summed E-state index contributed by atoms with van der Waals surface area (Å²) in [5.41, 5.74) is 0.221. The van der Waals surface area contributed by atoms with Crippen LogP contribution in [0, 0.1) is 11.3 Å². The van der Waals surface area contributed by atoms with Crippen molar-refractivity contribution in [3.8, 4) is 0 Å². The average Bonchev–Trinajstić information content (AvgIpc) is 3.28. The first-order valence-electron chi connectivity index (χ1n) is 8.38. The third-order valence-electron chi connectivity index (χ3n) is 5.33. The molecule has 2 fully saturated rings. The highest BCUT2D eigenvalue weighted by atomic mass is 32.1. The van der Waals surface area contributed by atoms with Crippen LogP contribution in [0.2, 0.25) is 0 Å². The van der Waals surface area contributed by atoms with E-state index in [9.17, 15) is 4.79 Å². The van der Waals surface area contributed by atoms with Crippen molar-refractivity contribution in [3.63, 3.8) is 0 Å². The number of thiophene rings is 1. The Morgan fingerprint density at radius 3 is 3.09 bits per heavy atom.